The monoisotopic (exact) mass is 344 g/mol. The van der Waals surface area contributed by atoms with Gasteiger partial charge in [0.2, 0.25) is 0 Å². The number of carbonyl (C=O) groups is 1. The Bertz CT molecular complexity index is 868. The van der Waals surface area contributed by atoms with E-state index >= 15 is 0 Å². The highest BCUT2D eigenvalue weighted by atomic mass is 79.9. The van der Waals surface area contributed by atoms with Crippen molar-refractivity contribution in [2.24, 2.45) is 0 Å². The van der Waals surface area contributed by atoms with Gasteiger partial charge in [-0.05, 0) is 49.7 Å². The average molecular weight is 345 g/mol. The zero-order valence-corrected chi connectivity index (χ0v) is 13.2. The fourth-order valence-electron chi connectivity index (χ4n) is 2.38. The second-order valence-corrected chi connectivity index (χ2v) is 5.79. The van der Waals surface area contributed by atoms with E-state index in [0.29, 0.717) is 0 Å². The summed E-state index contributed by atoms with van der Waals surface area (Å²) >= 11 is 3.53. The number of carboxylic acids is 1. The van der Waals surface area contributed by atoms with Crippen LogP contribution in [0.15, 0.2) is 40.9 Å². The molecule has 5 heteroatoms. The van der Waals surface area contributed by atoms with E-state index in [0.717, 1.165) is 32.6 Å². The Hall–Kier alpha value is -2.14. The van der Waals surface area contributed by atoms with Crippen molar-refractivity contribution in [3.8, 4) is 5.69 Å². The molecule has 0 radical (unpaired) electrons. The van der Waals surface area contributed by atoms with Gasteiger partial charge < -0.3 is 5.11 Å². The number of aryl methyl sites for hydroxylation is 2. The first-order chi connectivity index (χ1) is 9.97. The minimum Gasteiger partial charge on any atom is -0.478 e. The number of benzene rings is 2. The van der Waals surface area contributed by atoms with Crippen LogP contribution >= 0.6 is 15.9 Å². The fourth-order valence-corrected chi connectivity index (χ4v) is 2.74. The molecule has 3 rings (SSSR count). The van der Waals surface area contributed by atoms with Gasteiger partial charge in [-0.15, -0.1) is 0 Å². The van der Waals surface area contributed by atoms with E-state index in [-0.39, 0.29) is 5.56 Å². The van der Waals surface area contributed by atoms with Crippen LogP contribution in [0.25, 0.3) is 16.7 Å². The second-order valence-electron chi connectivity index (χ2n) is 4.94. The topological polar surface area (TPSA) is 55.1 Å². The molecule has 21 heavy (non-hydrogen) atoms. The summed E-state index contributed by atoms with van der Waals surface area (Å²) in [6.07, 6.45) is 0. The van der Waals surface area contributed by atoms with Crippen LogP contribution in [0.5, 0.6) is 0 Å². The van der Waals surface area contributed by atoms with Gasteiger partial charge in [-0.25, -0.2) is 9.78 Å². The fraction of sp³-hybridized carbons (Fsp3) is 0.125. The molecule has 3 aromatic rings. The lowest BCUT2D eigenvalue weighted by molar-refractivity contribution is 0.0697. The summed E-state index contributed by atoms with van der Waals surface area (Å²) < 4.78 is 2.97. The van der Waals surface area contributed by atoms with Crippen LogP contribution in [-0.4, -0.2) is 20.6 Å². The van der Waals surface area contributed by atoms with Gasteiger partial charge in [-0.1, -0.05) is 22.0 Å². The smallest absolute Gasteiger partial charge is 0.335 e. The molecule has 0 aliphatic heterocycles. The molecule has 1 aromatic heterocycles. The van der Waals surface area contributed by atoms with Crippen molar-refractivity contribution in [3.63, 3.8) is 0 Å². The number of imidazole rings is 1. The van der Waals surface area contributed by atoms with Gasteiger partial charge in [0.1, 0.15) is 5.82 Å². The van der Waals surface area contributed by atoms with E-state index in [4.69, 9.17) is 5.11 Å². The molecule has 0 unspecified atom stereocenters. The molecule has 0 spiro atoms. The lowest BCUT2D eigenvalue weighted by atomic mass is 10.2. The summed E-state index contributed by atoms with van der Waals surface area (Å²) in [5.74, 6) is -0.115. The minimum absolute atomic E-state index is 0.259. The Kier molecular flexibility index (Phi) is 3.29. The van der Waals surface area contributed by atoms with Crippen LogP contribution < -0.4 is 0 Å². The predicted molar refractivity (Wildman–Crippen MR) is 85.2 cm³/mol. The summed E-state index contributed by atoms with van der Waals surface area (Å²) in [6, 6.07) is 11.0. The first-order valence-electron chi connectivity index (χ1n) is 6.46. The van der Waals surface area contributed by atoms with Crippen molar-refractivity contribution in [2.45, 2.75) is 13.8 Å². The van der Waals surface area contributed by atoms with E-state index in [9.17, 15) is 4.79 Å². The third-order valence-electron chi connectivity index (χ3n) is 3.48. The normalized spacial score (nSPS) is 11.0. The van der Waals surface area contributed by atoms with Crippen molar-refractivity contribution in [2.75, 3.05) is 0 Å². The van der Waals surface area contributed by atoms with E-state index < -0.39 is 5.97 Å². The Morgan fingerprint density at radius 1 is 1.19 bits per heavy atom. The maximum Gasteiger partial charge on any atom is 0.335 e. The zero-order chi connectivity index (χ0) is 15.1. The molecule has 0 saturated carbocycles. The number of halogens is 1. The molecule has 4 nitrogen and oxygen atoms in total. The summed E-state index contributed by atoms with van der Waals surface area (Å²) in [5.41, 5.74) is 3.94. The first-order valence-corrected chi connectivity index (χ1v) is 7.25. The van der Waals surface area contributed by atoms with Gasteiger partial charge in [0.25, 0.3) is 0 Å². The van der Waals surface area contributed by atoms with Crippen LogP contribution in [-0.2, 0) is 0 Å². The molecule has 0 aliphatic carbocycles. The number of fused-ring (bicyclic) bond motifs is 1. The number of aromatic nitrogens is 2. The SMILES string of the molecule is Cc1ccc(-n2c(C)nc3ccc(C(=O)O)cc32)cc1Br. The van der Waals surface area contributed by atoms with Gasteiger partial charge in [-0.3, -0.25) is 4.57 Å². The van der Waals surface area contributed by atoms with Crippen LogP contribution in [0.1, 0.15) is 21.7 Å². The Labute approximate surface area is 130 Å². The molecule has 1 N–H and O–H groups in total. The Morgan fingerprint density at radius 3 is 2.62 bits per heavy atom. The zero-order valence-electron chi connectivity index (χ0n) is 11.6. The third-order valence-corrected chi connectivity index (χ3v) is 4.34. The molecule has 1 heterocycles. The molecular weight excluding hydrogens is 332 g/mol. The van der Waals surface area contributed by atoms with Crippen molar-refractivity contribution in [1.82, 2.24) is 9.55 Å². The maximum absolute atomic E-state index is 11.2. The van der Waals surface area contributed by atoms with Gasteiger partial charge in [0.15, 0.2) is 0 Å². The highest BCUT2D eigenvalue weighted by molar-refractivity contribution is 9.10. The number of rotatable bonds is 2. The lowest BCUT2D eigenvalue weighted by Gasteiger charge is -2.09. The summed E-state index contributed by atoms with van der Waals surface area (Å²) in [4.78, 5) is 15.7. The molecule has 106 valence electrons. The largest absolute Gasteiger partial charge is 0.478 e. The van der Waals surface area contributed by atoms with Gasteiger partial charge >= 0.3 is 5.97 Å². The summed E-state index contributed by atoms with van der Waals surface area (Å²) in [7, 11) is 0. The lowest BCUT2D eigenvalue weighted by Crippen LogP contribution is -1.99. The number of aromatic carboxylic acids is 1. The standard InChI is InChI=1S/C16H13BrN2O2/c1-9-3-5-12(8-13(9)17)19-10(2)18-14-6-4-11(16(20)21)7-15(14)19/h3-8H,1-2H3,(H,20,21). The van der Waals surface area contributed by atoms with Crippen molar-refractivity contribution < 1.29 is 9.90 Å². The third kappa shape index (κ3) is 2.34. The van der Waals surface area contributed by atoms with Crippen molar-refractivity contribution in [3.05, 3.63) is 57.8 Å². The van der Waals surface area contributed by atoms with Gasteiger partial charge in [-0.2, -0.15) is 0 Å². The number of nitrogens with zero attached hydrogens (tertiary/aromatic N) is 2. The van der Waals surface area contributed by atoms with Crippen LogP contribution in [0, 0.1) is 13.8 Å². The van der Waals surface area contributed by atoms with Gasteiger partial charge in [0.05, 0.1) is 16.6 Å². The Morgan fingerprint density at radius 2 is 1.95 bits per heavy atom. The van der Waals surface area contributed by atoms with E-state index in [1.165, 1.54) is 0 Å². The number of hydrogen-bond acceptors (Lipinski definition) is 2. The molecular formula is C16H13BrN2O2. The molecule has 0 atom stereocenters. The van der Waals surface area contributed by atoms with Crippen LogP contribution in [0.4, 0.5) is 0 Å². The highest BCUT2D eigenvalue weighted by Gasteiger charge is 2.12. The van der Waals surface area contributed by atoms with Crippen LogP contribution in [0.2, 0.25) is 0 Å². The molecule has 0 fully saturated rings. The van der Waals surface area contributed by atoms with Crippen molar-refractivity contribution in [1.29, 1.82) is 0 Å². The van der Waals surface area contributed by atoms with E-state index in [1.54, 1.807) is 18.2 Å². The van der Waals surface area contributed by atoms with Crippen molar-refractivity contribution >= 4 is 32.9 Å². The molecule has 0 saturated heterocycles. The highest BCUT2D eigenvalue weighted by Crippen LogP contribution is 2.26. The Balaban J connectivity index is 2.29. The average Bonchev–Trinajstić information content (AvgIpc) is 2.77. The number of carboxylic acid groups (broad SMARTS) is 1. The number of hydrogen-bond donors (Lipinski definition) is 1. The molecule has 2 aromatic carbocycles. The second kappa shape index (κ2) is 5.00. The predicted octanol–water partition coefficient (Wildman–Crippen LogP) is 4.10. The van der Waals surface area contributed by atoms with E-state index in [1.807, 2.05) is 36.6 Å². The quantitative estimate of drug-likeness (QED) is 0.761. The molecule has 0 amide bonds. The van der Waals surface area contributed by atoms with Crippen LogP contribution in [0.3, 0.4) is 0 Å². The first kappa shape index (κ1) is 13.8. The van der Waals surface area contributed by atoms with Gasteiger partial charge in [0, 0.05) is 10.2 Å². The minimum atomic E-state index is -0.938. The maximum atomic E-state index is 11.2. The summed E-state index contributed by atoms with van der Waals surface area (Å²) in [6.45, 7) is 3.93. The van der Waals surface area contributed by atoms with E-state index in [2.05, 4.69) is 20.9 Å². The summed E-state index contributed by atoms with van der Waals surface area (Å²) in [5, 5.41) is 9.16. The molecule has 0 bridgehead atoms. The molecule has 0 aliphatic rings.